The summed E-state index contributed by atoms with van der Waals surface area (Å²) in [6.07, 6.45) is -4.57. The maximum atomic E-state index is 13.0. The van der Waals surface area contributed by atoms with E-state index in [1.165, 1.54) is 11.6 Å². The van der Waals surface area contributed by atoms with E-state index in [1.807, 2.05) is 18.2 Å². The van der Waals surface area contributed by atoms with Gasteiger partial charge in [-0.25, -0.2) is 4.79 Å². The van der Waals surface area contributed by atoms with Gasteiger partial charge in [0.1, 0.15) is 0 Å². The highest BCUT2D eigenvalue weighted by Crippen LogP contribution is 2.36. The number of piperazine rings is 1. The fourth-order valence-electron chi connectivity index (χ4n) is 3.28. The number of amides is 2. The Balaban J connectivity index is 1.59. The molecule has 0 radical (unpaired) electrons. The first kappa shape index (κ1) is 20.5. The number of nitrogens with zero attached hydrogens (tertiary/aromatic N) is 2. The fraction of sp³-hybridized carbons (Fsp3) is 0.350. The molecule has 1 N–H and O–H groups in total. The monoisotopic (exact) mass is 411 g/mol. The first-order chi connectivity index (χ1) is 13.3. The Bertz CT molecular complexity index is 821. The van der Waals surface area contributed by atoms with Gasteiger partial charge in [0.2, 0.25) is 0 Å². The SMILES string of the molecule is CC(c1ccccc1)N1CCN(C(=O)Nc2ccc(Cl)c(C(F)(F)F)c2)CC1. The lowest BCUT2D eigenvalue weighted by molar-refractivity contribution is -0.137. The van der Waals surface area contributed by atoms with E-state index in [2.05, 4.69) is 29.3 Å². The van der Waals surface area contributed by atoms with Crippen LogP contribution in [0.5, 0.6) is 0 Å². The van der Waals surface area contributed by atoms with Crippen molar-refractivity contribution in [3.63, 3.8) is 0 Å². The Hall–Kier alpha value is -2.25. The van der Waals surface area contributed by atoms with Crippen LogP contribution in [0, 0.1) is 0 Å². The minimum Gasteiger partial charge on any atom is -0.322 e. The Morgan fingerprint density at radius 3 is 2.32 bits per heavy atom. The zero-order valence-electron chi connectivity index (χ0n) is 15.3. The van der Waals surface area contributed by atoms with Crippen molar-refractivity contribution < 1.29 is 18.0 Å². The van der Waals surface area contributed by atoms with Crippen LogP contribution in [0.2, 0.25) is 5.02 Å². The number of alkyl halides is 3. The van der Waals surface area contributed by atoms with E-state index in [0.29, 0.717) is 26.2 Å². The minimum atomic E-state index is -4.57. The maximum absolute atomic E-state index is 13.0. The van der Waals surface area contributed by atoms with E-state index in [1.54, 1.807) is 4.90 Å². The van der Waals surface area contributed by atoms with Crippen molar-refractivity contribution in [2.24, 2.45) is 0 Å². The smallest absolute Gasteiger partial charge is 0.322 e. The molecule has 4 nitrogen and oxygen atoms in total. The molecule has 3 rings (SSSR count). The highest BCUT2D eigenvalue weighted by atomic mass is 35.5. The van der Waals surface area contributed by atoms with Crippen LogP contribution in [0.4, 0.5) is 23.7 Å². The molecule has 1 aliphatic heterocycles. The molecule has 0 saturated carbocycles. The standard InChI is InChI=1S/C20H21ClF3N3O/c1-14(15-5-3-2-4-6-15)26-9-11-27(12-10-26)19(28)25-16-7-8-18(21)17(13-16)20(22,23)24/h2-8,13-14H,9-12H2,1H3,(H,25,28). The third-order valence-corrected chi connectivity index (χ3v) is 5.28. The van der Waals surface area contributed by atoms with Crippen molar-refractivity contribution in [3.8, 4) is 0 Å². The first-order valence-corrected chi connectivity index (χ1v) is 9.35. The lowest BCUT2D eigenvalue weighted by Crippen LogP contribution is -2.50. The number of carbonyl (C=O) groups is 1. The number of nitrogens with one attached hydrogen (secondary N) is 1. The summed E-state index contributed by atoms with van der Waals surface area (Å²) < 4.78 is 38.9. The lowest BCUT2D eigenvalue weighted by atomic mass is 10.1. The van der Waals surface area contributed by atoms with E-state index in [0.717, 1.165) is 12.1 Å². The highest BCUT2D eigenvalue weighted by Gasteiger charge is 2.33. The lowest BCUT2D eigenvalue weighted by Gasteiger charge is -2.38. The summed E-state index contributed by atoms with van der Waals surface area (Å²) >= 11 is 5.61. The molecule has 0 aromatic heterocycles. The highest BCUT2D eigenvalue weighted by molar-refractivity contribution is 6.31. The average molecular weight is 412 g/mol. The molecule has 1 aliphatic rings. The van der Waals surface area contributed by atoms with Crippen LogP contribution < -0.4 is 5.32 Å². The third kappa shape index (κ3) is 4.77. The van der Waals surface area contributed by atoms with Crippen molar-refractivity contribution in [3.05, 3.63) is 64.7 Å². The van der Waals surface area contributed by atoms with Gasteiger partial charge in [0, 0.05) is 37.9 Å². The maximum Gasteiger partial charge on any atom is 0.417 e. The fourth-order valence-corrected chi connectivity index (χ4v) is 3.50. The van der Waals surface area contributed by atoms with Gasteiger partial charge in [0.15, 0.2) is 0 Å². The molecular weight excluding hydrogens is 391 g/mol. The second kappa shape index (κ2) is 8.41. The Labute approximate surface area is 166 Å². The first-order valence-electron chi connectivity index (χ1n) is 8.97. The van der Waals surface area contributed by atoms with E-state index in [-0.39, 0.29) is 11.7 Å². The predicted molar refractivity (Wildman–Crippen MR) is 103 cm³/mol. The molecule has 150 valence electrons. The van der Waals surface area contributed by atoms with Crippen molar-refractivity contribution in [1.29, 1.82) is 0 Å². The molecular formula is C20H21ClF3N3O. The molecule has 0 aliphatic carbocycles. The minimum absolute atomic E-state index is 0.0711. The normalized spacial score (nSPS) is 16.7. The van der Waals surface area contributed by atoms with Gasteiger partial charge in [-0.05, 0) is 30.7 Å². The molecule has 2 amide bonds. The molecule has 2 aromatic rings. The van der Waals surface area contributed by atoms with Gasteiger partial charge >= 0.3 is 12.2 Å². The van der Waals surface area contributed by atoms with Crippen LogP contribution in [0.15, 0.2) is 48.5 Å². The molecule has 0 bridgehead atoms. The summed E-state index contributed by atoms with van der Waals surface area (Å²) in [6.45, 7) is 4.51. The van der Waals surface area contributed by atoms with E-state index >= 15 is 0 Å². The number of halogens is 4. The van der Waals surface area contributed by atoms with Crippen LogP contribution in [0.25, 0.3) is 0 Å². The Kier molecular flexibility index (Phi) is 6.15. The summed E-state index contributed by atoms with van der Waals surface area (Å²) in [5.41, 5.74) is 0.316. The predicted octanol–water partition coefficient (Wildman–Crippen LogP) is 5.27. The number of urea groups is 1. The number of hydrogen-bond donors (Lipinski definition) is 1. The number of benzene rings is 2. The second-order valence-corrected chi connectivity index (χ2v) is 7.14. The van der Waals surface area contributed by atoms with Crippen molar-refractivity contribution in [2.45, 2.75) is 19.1 Å². The molecule has 1 saturated heterocycles. The zero-order chi connectivity index (χ0) is 20.3. The summed E-state index contributed by atoms with van der Waals surface area (Å²) in [6, 6.07) is 13.3. The van der Waals surface area contributed by atoms with Crippen molar-refractivity contribution >= 4 is 23.3 Å². The summed E-state index contributed by atoms with van der Waals surface area (Å²) in [7, 11) is 0. The number of rotatable bonds is 3. The molecule has 8 heteroatoms. The quantitative estimate of drug-likeness (QED) is 0.746. The van der Waals surface area contributed by atoms with E-state index < -0.39 is 22.8 Å². The van der Waals surface area contributed by atoms with E-state index in [4.69, 9.17) is 11.6 Å². The molecule has 0 spiro atoms. The average Bonchev–Trinajstić information content (AvgIpc) is 2.69. The van der Waals surface area contributed by atoms with Gasteiger partial charge in [-0.3, -0.25) is 4.90 Å². The zero-order valence-corrected chi connectivity index (χ0v) is 16.1. The van der Waals surface area contributed by atoms with Gasteiger partial charge in [-0.2, -0.15) is 13.2 Å². The van der Waals surface area contributed by atoms with Crippen LogP contribution in [-0.2, 0) is 6.18 Å². The van der Waals surface area contributed by atoms with Gasteiger partial charge in [0.05, 0.1) is 10.6 Å². The number of carbonyl (C=O) groups excluding carboxylic acids is 1. The largest absolute Gasteiger partial charge is 0.417 e. The molecule has 1 fully saturated rings. The molecule has 28 heavy (non-hydrogen) atoms. The van der Waals surface area contributed by atoms with Gasteiger partial charge in [-0.1, -0.05) is 41.9 Å². The van der Waals surface area contributed by atoms with Crippen LogP contribution in [0.3, 0.4) is 0 Å². The van der Waals surface area contributed by atoms with E-state index in [9.17, 15) is 18.0 Å². The summed E-state index contributed by atoms with van der Waals surface area (Å²) in [4.78, 5) is 16.3. The third-order valence-electron chi connectivity index (χ3n) is 4.95. The van der Waals surface area contributed by atoms with Crippen LogP contribution in [-0.4, -0.2) is 42.0 Å². The van der Waals surface area contributed by atoms with Gasteiger partial charge < -0.3 is 10.2 Å². The topological polar surface area (TPSA) is 35.6 Å². The summed E-state index contributed by atoms with van der Waals surface area (Å²) in [5, 5.41) is 2.14. The number of anilines is 1. The second-order valence-electron chi connectivity index (χ2n) is 6.73. The Morgan fingerprint density at radius 2 is 1.71 bits per heavy atom. The van der Waals surface area contributed by atoms with Crippen molar-refractivity contribution in [2.75, 3.05) is 31.5 Å². The molecule has 1 atom stereocenters. The van der Waals surface area contributed by atoms with Crippen molar-refractivity contribution in [1.82, 2.24) is 9.80 Å². The van der Waals surface area contributed by atoms with Crippen LogP contribution in [0.1, 0.15) is 24.1 Å². The van der Waals surface area contributed by atoms with Crippen LogP contribution >= 0.6 is 11.6 Å². The molecule has 1 heterocycles. The number of hydrogen-bond acceptors (Lipinski definition) is 2. The molecule has 1 unspecified atom stereocenters. The molecule has 2 aromatic carbocycles. The summed E-state index contributed by atoms with van der Waals surface area (Å²) in [5.74, 6) is 0. The van der Waals surface area contributed by atoms with Gasteiger partial charge in [-0.15, -0.1) is 0 Å². The van der Waals surface area contributed by atoms with Gasteiger partial charge in [0.25, 0.3) is 0 Å². The Morgan fingerprint density at radius 1 is 1.07 bits per heavy atom.